The highest BCUT2D eigenvalue weighted by Crippen LogP contribution is 2.39. The van der Waals surface area contributed by atoms with Crippen LogP contribution in [-0.4, -0.2) is 11.6 Å². The Labute approximate surface area is 59.6 Å². The summed E-state index contributed by atoms with van der Waals surface area (Å²) < 4.78 is 0. The minimum Gasteiger partial charge on any atom is -0.298 e. The molecular formula is C8H10O2. The van der Waals surface area contributed by atoms with E-state index in [1.165, 1.54) is 6.42 Å². The van der Waals surface area contributed by atoms with E-state index >= 15 is 0 Å². The Balaban J connectivity index is 2.02. The van der Waals surface area contributed by atoms with Gasteiger partial charge in [-0.25, -0.2) is 0 Å². The average Bonchev–Trinajstić information content (AvgIpc) is 1.79. The monoisotopic (exact) mass is 138 g/mol. The average molecular weight is 138 g/mol. The molecule has 0 N–H and O–H groups in total. The molecule has 10 heavy (non-hydrogen) atoms. The molecule has 2 nitrogen and oxygen atoms in total. The number of ketones is 2. The largest absolute Gasteiger partial charge is 0.298 e. The van der Waals surface area contributed by atoms with Crippen LogP contribution >= 0.6 is 0 Å². The van der Waals surface area contributed by atoms with Crippen molar-refractivity contribution in [3.63, 3.8) is 0 Å². The number of rotatable bonds is 1. The molecular weight excluding hydrogens is 128 g/mol. The van der Waals surface area contributed by atoms with E-state index in [0.717, 1.165) is 12.8 Å². The lowest BCUT2D eigenvalue weighted by atomic mass is 9.65. The van der Waals surface area contributed by atoms with Gasteiger partial charge in [0.15, 0.2) is 11.6 Å². The van der Waals surface area contributed by atoms with Gasteiger partial charge in [0, 0.05) is 0 Å². The van der Waals surface area contributed by atoms with Gasteiger partial charge in [0.2, 0.25) is 0 Å². The summed E-state index contributed by atoms with van der Waals surface area (Å²) in [6.07, 6.45) is 3.63. The fraction of sp³-hybridized carbons (Fsp3) is 0.750. The zero-order valence-corrected chi connectivity index (χ0v) is 5.80. The van der Waals surface area contributed by atoms with Crippen molar-refractivity contribution in [2.75, 3.05) is 0 Å². The molecule has 0 aromatic rings. The van der Waals surface area contributed by atoms with Gasteiger partial charge in [-0.1, -0.05) is 6.42 Å². The Morgan fingerprint density at radius 3 is 1.90 bits per heavy atom. The third-order valence-electron chi connectivity index (χ3n) is 2.66. The SMILES string of the molecule is O=C1CC(=O)C1C1CCC1. The van der Waals surface area contributed by atoms with Crippen LogP contribution in [0.4, 0.5) is 0 Å². The molecule has 0 aliphatic heterocycles. The smallest absolute Gasteiger partial charge is 0.150 e. The second-order valence-corrected chi connectivity index (χ2v) is 3.28. The second-order valence-electron chi connectivity index (χ2n) is 3.28. The summed E-state index contributed by atoms with van der Waals surface area (Å²) >= 11 is 0. The predicted octanol–water partition coefficient (Wildman–Crippen LogP) is 0.945. The summed E-state index contributed by atoms with van der Waals surface area (Å²) in [5.41, 5.74) is 0. The lowest BCUT2D eigenvalue weighted by molar-refractivity contribution is -0.147. The Hall–Kier alpha value is -0.660. The van der Waals surface area contributed by atoms with E-state index in [0.29, 0.717) is 5.92 Å². The van der Waals surface area contributed by atoms with Crippen LogP contribution in [0.5, 0.6) is 0 Å². The van der Waals surface area contributed by atoms with Crippen molar-refractivity contribution in [3.8, 4) is 0 Å². The molecule has 0 saturated heterocycles. The molecule has 0 aromatic heterocycles. The number of hydrogen-bond acceptors (Lipinski definition) is 2. The Kier molecular flexibility index (Phi) is 1.16. The molecule has 2 saturated carbocycles. The molecule has 2 rings (SSSR count). The topological polar surface area (TPSA) is 34.1 Å². The van der Waals surface area contributed by atoms with Crippen molar-refractivity contribution in [2.24, 2.45) is 11.8 Å². The Morgan fingerprint density at radius 2 is 1.70 bits per heavy atom. The van der Waals surface area contributed by atoms with Crippen LogP contribution in [0.25, 0.3) is 0 Å². The van der Waals surface area contributed by atoms with Crippen LogP contribution in [0.15, 0.2) is 0 Å². The van der Waals surface area contributed by atoms with Gasteiger partial charge in [0.1, 0.15) is 0 Å². The molecule has 2 aliphatic carbocycles. The predicted molar refractivity (Wildman–Crippen MR) is 35.5 cm³/mol. The third kappa shape index (κ3) is 0.648. The first-order valence-corrected chi connectivity index (χ1v) is 3.84. The van der Waals surface area contributed by atoms with Crippen LogP contribution < -0.4 is 0 Å². The fourth-order valence-electron chi connectivity index (χ4n) is 1.74. The first-order valence-electron chi connectivity index (χ1n) is 3.84. The molecule has 0 aromatic carbocycles. The lowest BCUT2D eigenvalue weighted by Gasteiger charge is -2.36. The van der Waals surface area contributed by atoms with Crippen molar-refractivity contribution in [3.05, 3.63) is 0 Å². The molecule has 0 unspecified atom stereocenters. The van der Waals surface area contributed by atoms with Crippen molar-refractivity contribution >= 4 is 11.6 Å². The Morgan fingerprint density at radius 1 is 1.10 bits per heavy atom. The summed E-state index contributed by atoms with van der Waals surface area (Å²) in [7, 11) is 0. The number of Topliss-reactive ketones (excluding diaryl/α,β-unsaturated/α-hetero) is 2. The summed E-state index contributed by atoms with van der Waals surface area (Å²) in [5.74, 6) is 0.659. The van der Waals surface area contributed by atoms with Gasteiger partial charge < -0.3 is 0 Å². The maximum atomic E-state index is 10.9. The quantitative estimate of drug-likeness (QED) is 0.505. The van der Waals surface area contributed by atoms with Crippen molar-refractivity contribution < 1.29 is 9.59 Å². The summed E-state index contributed by atoms with van der Waals surface area (Å²) in [6, 6.07) is 0. The van der Waals surface area contributed by atoms with Crippen molar-refractivity contribution in [1.82, 2.24) is 0 Å². The highest BCUT2D eigenvalue weighted by atomic mass is 16.2. The van der Waals surface area contributed by atoms with E-state index in [2.05, 4.69) is 0 Å². The Bertz CT molecular complexity index is 177. The molecule has 0 spiro atoms. The zero-order chi connectivity index (χ0) is 7.14. The molecule has 2 heteroatoms. The lowest BCUT2D eigenvalue weighted by Crippen LogP contribution is -2.44. The number of carbonyl (C=O) groups is 2. The van der Waals surface area contributed by atoms with Gasteiger partial charge in [-0.2, -0.15) is 0 Å². The van der Waals surface area contributed by atoms with Crippen LogP contribution in [-0.2, 0) is 9.59 Å². The molecule has 2 aliphatic rings. The zero-order valence-electron chi connectivity index (χ0n) is 5.80. The maximum Gasteiger partial charge on any atom is 0.150 e. The first-order chi connectivity index (χ1) is 4.79. The molecule has 0 radical (unpaired) electrons. The van der Waals surface area contributed by atoms with E-state index in [-0.39, 0.29) is 23.9 Å². The van der Waals surface area contributed by atoms with Gasteiger partial charge in [0.25, 0.3) is 0 Å². The van der Waals surface area contributed by atoms with E-state index < -0.39 is 0 Å². The molecule has 0 atom stereocenters. The molecule has 54 valence electrons. The molecule has 0 bridgehead atoms. The first kappa shape index (κ1) is 6.08. The van der Waals surface area contributed by atoms with Crippen LogP contribution in [0.2, 0.25) is 0 Å². The van der Waals surface area contributed by atoms with Crippen molar-refractivity contribution in [2.45, 2.75) is 25.7 Å². The third-order valence-corrected chi connectivity index (χ3v) is 2.66. The normalized spacial score (nSPS) is 28.0. The van der Waals surface area contributed by atoms with Gasteiger partial charge in [0.05, 0.1) is 12.3 Å². The minimum atomic E-state index is -0.159. The van der Waals surface area contributed by atoms with E-state index in [9.17, 15) is 9.59 Å². The van der Waals surface area contributed by atoms with Crippen LogP contribution in [0.1, 0.15) is 25.7 Å². The highest BCUT2D eigenvalue weighted by molar-refractivity contribution is 6.21. The summed E-state index contributed by atoms with van der Waals surface area (Å²) in [5, 5.41) is 0. The second kappa shape index (κ2) is 1.91. The molecule has 0 amide bonds. The van der Waals surface area contributed by atoms with Crippen LogP contribution in [0.3, 0.4) is 0 Å². The van der Waals surface area contributed by atoms with E-state index in [4.69, 9.17) is 0 Å². The van der Waals surface area contributed by atoms with Gasteiger partial charge in [-0.15, -0.1) is 0 Å². The summed E-state index contributed by atoms with van der Waals surface area (Å²) in [6.45, 7) is 0. The maximum absolute atomic E-state index is 10.9. The fourth-order valence-corrected chi connectivity index (χ4v) is 1.74. The minimum absolute atomic E-state index is 0.159. The van der Waals surface area contributed by atoms with Crippen molar-refractivity contribution in [1.29, 1.82) is 0 Å². The van der Waals surface area contributed by atoms with Gasteiger partial charge >= 0.3 is 0 Å². The molecule has 2 fully saturated rings. The van der Waals surface area contributed by atoms with Gasteiger partial charge in [-0.05, 0) is 18.8 Å². The highest BCUT2D eigenvalue weighted by Gasteiger charge is 2.45. The van der Waals surface area contributed by atoms with E-state index in [1.807, 2.05) is 0 Å². The molecule has 0 heterocycles. The number of hydrogen-bond donors (Lipinski definition) is 0. The van der Waals surface area contributed by atoms with Gasteiger partial charge in [-0.3, -0.25) is 9.59 Å². The summed E-state index contributed by atoms with van der Waals surface area (Å²) in [4.78, 5) is 21.7. The van der Waals surface area contributed by atoms with E-state index in [1.54, 1.807) is 0 Å². The van der Waals surface area contributed by atoms with Crippen LogP contribution in [0, 0.1) is 11.8 Å². The standard InChI is InChI=1S/C8H10O2/c9-6-4-7(10)8(6)5-2-1-3-5/h5,8H,1-4H2. The number of carbonyl (C=O) groups excluding carboxylic acids is 2.